The van der Waals surface area contributed by atoms with Crippen molar-refractivity contribution in [2.45, 2.75) is 33.2 Å². The molecule has 8 nitrogen and oxygen atoms in total. The monoisotopic (exact) mass is 503 g/mol. The first-order chi connectivity index (χ1) is 15.4. The van der Waals surface area contributed by atoms with Crippen LogP contribution in [-0.4, -0.2) is 36.8 Å². The Labute approximate surface area is 195 Å². The first-order valence-corrected chi connectivity index (χ1v) is 11.0. The molecule has 2 aromatic heterocycles. The maximum absolute atomic E-state index is 12.9. The van der Waals surface area contributed by atoms with Crippen molar-refractivity contribution >= 4 is 27.7 Å². The highest BCUT2D eigenvalue weighted by molar-refractivity contribution is 9.10. The molecule has 0 spiro atoms. The molecule has 32 heavy (non-hydrogen) atoms. The minimum atomic E-state index is -0.534. The van der Waals surface area contributed by atoms with Crippen LogP contribution in [0.5, 0.6) is 11.5 Å². The number of aromatic nitrogens is 2. The van der Waals surface area contributed by atoms with Gasteiger partial charge in [-0.2, -0.15) is 0 Å². The summed E-state index contributed by atoms with van der Waals surface area (Å²) in [6.45, 7) is 6.24. The van der Waals surface area contributed by atoms with Gasteiger partial charge in [-0.05, 0) is 31.2 Å². The summed E-state index contributed by atoms with van der Waals surface area (Å²) < 4.78 is 22.7. The number of esters is 1. The minimum absolute atomic E-state index is 0.0265. The molecule has 0 atom stereocenters. The Morgan fingerprint density at radius 3 is 2.56 bits per heavy atom. The number of rotatable bonds is 9. The van der Waals surface area contributed by atoms with Gasteiger partial charge >= 0.3 is 5.97 Å². The molecule has 3 rings (SSSR count). The highest BCUT2D eigenvalue weighted by Gasteiger charge is 2.26. The number of nitrogens with one attached hydrogen (secondary N) is 1. The van der Waals surface area contributed by atoms with E-state index in [1.807, 2.05) is 26.0 Å². The molecule has 0 unspecified atom stereocenters. The van der Waals surface area contributed by atoms with Crippen molar-refractivity contribution in [1.82, 2.24) is 9.97 Å². The molecule has 0 aliphatic rings. The number of carbonyl (C=O) groups is 1. The second-order valence-corrected chi connectivity index (χ2v) is 7.98. The van der Waals surface area contributed by atoms with Gasteiger partial charge in [0.05, 0.1) is 27.1 Å². The molecule has 0 aliphatic heterocycles. The number of halogens is 1. The first kappa shape index (κ1) is 23.6. The lowest BCUT2D eigenvalue weighted by Gasteiger charge is -2.18. The lowest BCUT2D eigenvalue weighted by Crippen LogP contribution is -2.16. The van der Waals surface area contributed by atoms with Crippen molar-refractivity contribution in [2.24, 2.45) is 0 Å². The molecule has 1 aromatic carbocycles. The van der Waals surface area contributed by atoms with Crippen molar-refractivity contribution in [3.05, 3.63) is 52.0 Å². The van der Waals surface area contributed by atoms with Crippen LogP contribution in [0.4, 0.5) is 5.82 Å². The molecule has 1 N–H and O–H groups in total. The van der Waals surface area contributed by atoms with E-state index in [2.05, 4.69) is 31.2 Å². The molecule has 0 bridgehead atoms. The van der Waals surface area contributed by atoms with Crippen molar-refractivity contribution in [2.75, 3.05) is 26.1 Å². The van der Waals surface area contributed by atoms with E-state index < -0.39 is 5.97 Å². The standard InChI is InChI=1S/C23H26BrN3O5/c1-6-31-23(28)18-19(16-8-7-11-32-16)26-21(13(2)3)27-22(18)25-12-14-15(24)9-10-17(29-4)20(14)30-5/h7-11,13H,6,12H2,1-5H3,(H,25,26,27). The topological polar surface area (TPSA) is 95.7 Å². The van der Waals surface area contributed by atoms with Crippen LogP contribution in [0, 0.1) is 0 Å². The van der Waals surface area contributed by atoms with Gasteiger partial charge in [0, 0.05) is 22.5 Å². The van der Waals surface area contributed by atoms with E-state index in [4.69, 9.17) is 18.6 Å². The lowest BCUT2D eigenvalue weighted by molar-refractivity contribution is 0.0527. The first-order valence-electron chi connectivity index (χ1n) is 10.2. The molecule has 170 valence electrons. The second-order valence-electron chi connectivity index (χ2n) is 7.12. The maximum Gasteiger partial charge on any atom is 0.344 e. The normalized spacial score (nSPS) is 10.8. The van der Waals surface area contributed by atoms with Gasteiger partial charge in [-0.3, -0.25) is 0 Å². The molecular weight excluding hydrogens is 478 g/mol. The third-order valence-corrected chi connectivity index (χ3v) is 5.44. The number of furan rings is 1. The molecular formula is C23H26BrN3O5. The average Bonchev–Trinajstić information content (AvgIpc) is 3.32. The van der Waals surface area contributed by atoms with Crippen LogP contribution in [-0.2, 0) is 11.3 Å². The zero-order valence-electron chi connectivity index (χ0n) is 18.7. The zero-order chi connectivity index (χ0) is 23.3. The van der Waals surface area contributed by atoms with E-state index in [-0.39, 0.29) is 18.1 Å². The van der Waals surface area contributed by atoms with E-state index in [0.29, 0.717) is 41.1 Å². The summed E-state index contributed by atoms with van der Waals surface area (Å²) in [6, 6.07) is 7.18. The van der Waals surface area contributed by atoms with Gasteiger partial charge in [-0.1, -0.05) is 29.8 Å². The molecule has 3 aromatic rings. The number of benzene rings is 1. The Hall–Kier alpha value is -3.07. The molecule has 0 amide bonds. The number of anilines is 1. The third kappa shape index (κ3) is 4.88. The van der Waals surface area contributed by atoms with Crippen LogP contribution < -0.4 is 14.8 Å². The van der Waals surface area contributed by atoms with Crippen LogP contribution in [0.2, 0.25) is 0 Å². The molecule has 0 fully saturated rings. The highest BCUT2D eigenvalue weighted by Crippen LogP contribution is 2.37. The summed E-state index contributed by atoms with van der Waals surface area (Å²) in [5.74, 6) is 2.05. The summed E-state index contributed by atoms with van der Waals surface area (Å²) in [5.41, 5.74) is 1.40. The van der Waals surface area contributed by atoms with Crippen molar-refractivity contribution in [1.29, 1.82) is 0 Å². The third-order valence-electron chi connectivity index (χ3n) is 4.70. The summed E-state index contributed by atoms with van der Waals surface area (Å²) >= 11 is 3.57. The molecule has 0 saturated carbocycles. The van der Waals surface area contributed by atoms with Crippen molar-refractivity contribution in [3.63, 3.8) is 0 Å². The quantitative estimate of drug-likeness (QED) is 0.386. The second kappa shape index (κ2) is 10.5. The number of nitrogens with zero attached hydrogens (tertiary/aromatic N) is 2. The molecule has 0 aliphatic carbocycles. The number of hydrogen-bond acceptors (Lipinski definition) is 8. The van der Waals surface area contributed by atoms with Crippen LogP contribution in [0.15, 0.2) is 39.4 Å². The van der Waals surface area contributed by atoms with E-state index >= 15 is 0 Å². The van der Waals surface area contributed by atoms with Gasteiger partial charge in [0.15, 0.2) is 17.3 Å². The van der Waals surface area contributed by atoms with E-state index in [1.54, 1.807) is 33.3 Å². The SMILES string of the molecule is CCOC(=O)c1c(NCc2c(Br)ccc(OC)c2OC)nc(C(C)C)nc1-c1ccco1. The largest absolute Gasteiger partial charge is 0.493 e. The number of methoxy groups -OCH3 is 2. The van der Waals surface area contributed by atoms with Crippen molar-refractivity contribution < 1.29 is 23.4 Å². The zero-order valence-corrected chi connectivity index (χ0v) is 20.3. The maximum atomic E-state index is 12.9. The Morgan fingerprint density at radius 2 is 1.97 bits per heavy atom. The molecule has 0 saturated heterocycles. The summed E-state index contributed by atoms with van der Waals surface area (Å²) in [6.07, 6.45) is 1.53. The van der Waals surface area contributed by atoms with Gasteiger partial charge in [0.2, 0.25) is 0 Å². The van der Waals surface area contributed by atoms with Crippen LogP contribution >= 0.6 is 15.9 Å². The lowest BCUT2D eigenvalue weighted by atomic mass is 10.1. The van der Waals surface area contributed by atoms with Crippen LogP contribution in [0.25, 0.3) is 11.5 Å². The Kier molecular flexibility index (Phi) is 7.74. The molecule has 9 heteroatoms. The Morgan fingerprint density at radius 1 is 1.19 bits per heavy atom. The van der Waals surface area contributed by atoms with E-state index in [1.165, 1.54) is 6.26 Å². The Balaban J connectivity index is 2.12. The predicted molar refractivity (Wildman–Crippen MR) is 124 cm³/mol. The van der Waals surface area contributed by atoms with Crippen LogP contribution in [0.1, 0.15) is 48.4 Å². The summed E-state index contributed by atoms with van der Waals surface area (Å²) in [5, 5.41) is 3.27. The average molecular weight is 504 g/mol. The fourth-order valence-electron chi connectivity index (χ4n) is 3.16. The smallest absolute Gasteiger partial charge is 0.344 e. The highest BCUT2D eigenvalue weighted by atomic mass is 79.9. The fraction of sp³-hybridized carbons (Fsp3) is 0.348. The molecule has 0 radical (unpaired) electrons. The van der Waals surface area contributed by atoms with Gasteiger partial charge < -0.3 is 23.9 Å². The minimum Gasteiger partial charge on any atom is -0.493 e. The van der Waals surface area contributed by atoms with Gasteiger partial charge in [-0.25, -0.2) is 14.8 Å². The summed E-state index contributed by atoms with van der Waals surface area (Å²) in [7, 11) is 3.16. The van der Waals surface area contributed by atoms with Crippen molar-refractivity contribution in [3.8, 4) is 23.0 Å². The van der Waals surface area contributed by atoms with Gasteiger partial charge in [0.1, 0.15) is 22.9 Å². The Bertz CT molecular complexity index is 1080. The summed E-state index contributed by atoms with van der Waals surface area (Å²) in [4.78, 5) is 22.2. The molecule has 2 heterocycles. The van der Waals surface area contributed by atoms with Gasteiger partial charge in [-0.15, -0.1) is 0 Å². The number of carbonyl (C=O) groups excluding carboxylic acids is 1. The van der Waals surface area contributed by atoms with Gasteiger partial charge in [0.25, 0.3) is 0 Å². The number of hydrogen-bond donors (Lipinski definition) is 1. The van der Waals surface area contributed by atoms with E-state index in [9.17, 15) is 4.79 Å². The van der Waals surface area contributed by atoms with Crippen LogP contribution in [0.3, 0.4) is 0 Å². The fourth-order valence-corrected chi connectivity index (χ4v) is 3.61. The van der Waals surface area contributed by atoms with E-state index in [0.717, 1.165) is 10.0 Å². The number of ether oxygens (including phenoxy) is 3. The predicted octanol–water partition coefficient (Wildman–Crippen LogP) is 5.43.